The summed E-state index contributed by atoms with van der Waals surface area (Å²) in [5, 5.41) is 20.1. The third-order valence-electron chi connectivity index (χ3n) is 11.5. The van der Waals surface area contributed by atoms with Crippen LogP contribution < -0.4 is 0 Å². The Morgan fingerprint density at radius 2 is 1.00 bits per heavy atom. The Hall–Kier alpha value is -6.71. The van der Waals surface area contributed by atoms with E-state index in [9.17, 15) is 5.26 Å². The highest BCUT2D eigenvalue weighted by molar-refractivity contribution is 7.27. The highest BCUT2D eigenvalue weighted by atomic mass is 32.1. The first kappa shape index (κ1) is 30.7. The van der Waals surface area contributed by atoms with Gasteiger partial charge in [-0.3, -0.25) is 0 Å². The molecular weight excluding hydrogens is 707 g/mol. The molecule has 0 N–H and O–H groups in total. The number of nitriles is 1. The fourth-order valence-corrected chi connectivity index (χ4v) is 11.6. The van der Waals surface area contributed by atoms with Crippen molar-refractivity contribution in [3.05, 3.63) is 169 Å². The van der Waals surface area contributed by atoms with E-state index in [1.54, 1.807) is 0 Å². The van der Waals surface area contributed by atoms with Crippen LogP contribution in [0, 0.1) is 18.3 Å². The fraction of sp³-hybridized carbons (Fsp3) is 0.0200. The van der Waals surface area contributed by atoms with Gasteiger partial charge in [-0.15, -0.1) is 22.7 Å². The van der Waals surface area contributed by atoms with Crippen molar-refractivity contribution in [3.63, 3.8) is 0 Å². The quantitative estimate of drug-likeness (QED) is 0.178. The van der Waals surface area contributed by atoms with Crippen molar-refractivity contribution in [2.45, 2.75) is 6.92 Å². The van der Waals surface area contributed by atoms with Crippen LogP contribution in [0.1, 0.15) is 11.1 Å². The Labute approximate surface area is 323 Å². The number of benzene rings is 8. The lowest BCUT2D eigenvalue weighted by molar-refractivity contribution is 1.10. The van der Waals surface area contributed by atoms with E-state index in [-0.39, 0.29) is 0 Å². The third-order valence-corrected chi connectivity index (χ3v) is 13.9. The standard InChI is InChI=1S/C50H29N3S2/c1-29-41(52-42-17-6-2-13-33(42)37-21-23-39-35-15-4-8-19-44(35)54-49(39)47(37)52)26-25-32(31-12-10-11-30(27-31)28-51)46(29)53-43-18-7-3-14-34(43)38-22-24-40-36-16-5-9-20-45(36)55-50(40)48(38)53/h2-27H,1H3. The van der Waals surface area contributed by atoms with Crippen molar-refractivity contribution >= 4 is 107 Å². The Bertz CT molecular complexity index is 3640. The SMILES string of the molecule is Cc1c(-n2c3ccccc3c3ccc4c5ccccc5sc4c32)ccc(-c2cccc(C#N)c2)c1-n1c2ccccc2c2ccc3c4ccccc4sc3c21. The second-order valence-electron chi connectivity index (χ2n) is 14.4. The number of fused-ring (bicyclic) bond motifs is 14. The minimum Gasteiger partial charge on any atom is -0.307 e. The summed E-state index contributed by atoms with van der Waals surface area (Å²) in [7, 11) is 0. The maximum absolute atomic E-state index is 10.0. The van der Waals surface area contributed by atoms with Crippen LogP contribution in [-0.2, 0) is 0 Å². The van der Waals surface area contributed by atoms with Gasteiger partial charge in [-0.25, -0.2) is 0 Å². The van der Waals surface area contributed by atoms with Crippen molar-refractivity contribution in [2.24, 2.45) is 0 Å². The van der Waals surface area contributed by atoms with Gasteiger partial charge < -0.3 is 9.13 Å². The van der Waals surface area contributed by atoms with E-state index in [2.05, 4.69) is 162 Å². The largest absolute Gasteiger partial charge is 0.307 e. The molecule has 256 valence electrons. The first-order valence-corrected chi connectivity index (χ1v) is 20.1. The molecule has 0 spiro atoms. The summed E-state index contributed by atoms with van der Waals surface area (Å²) in [6.07, 6.45) is 0. The highest BCUT2D eigenvalue weighted by Crippen LogP contribution is 2.48. The molecule has 0 atom stereocenters. The summed E-state index contributed by atoms with van der Waals surface area (Å²) < 4.78 is 10.2. The van der Waals surface area contributed by atoms with Crippen LogP contribution >= 0.6 is 22.7 Å². The van der Waals surface area contributed by atoms with Crippen LogP contribution in [0.4, 0.5) is 0 Å². The number of rotatable bonds is 3. The molecule has 0 saturated heterocycles. The molecule has 12 rings (SSSR count). The minimum absolute atomic E-state index is 0.647. The van der Waals surface area contributed by atoms with Gasteiger partial charge in [-0.2, -0.15) is 5.26 Å². The van der Waals surface area contributed by atoms with Gasteiger partial charge >= 0.3 is 0 Å². The molecule has 55 heavy (non-hydrogen) atoms. The van der Waals surface area contributed by atoms with Crippen LogP contribution in [0.25, 0.3) is 106 Å². The van der Waals surface area contributed by atoms with E-state index in [4.69, 9.17) is 0 Å². The normalized spacial score (nSPS) is 12.1. The van der Waals surface area contributed by atoms with Gasteiger partial charge in [-0.1, -0.05) is 115 Å². The molecule has 0 unspecified atom stereocenters. The second-order valence-corrected chi connectivity index (χ2v) is 16.5. The van der Waals surface area contributed by atoms with E-state index in [0.29, 0.717) is 5.56 Å². The van der Waals surface area contributed by atoms with Crippen LogP contribution in [0.3, 0.4) is 0 Å². The Morgan fingerprint density at radius 1 is 0.473 bits per heavy atom. The van der Waals surface area contributed by atoms with E-state index in [1.807, 2.05) is 40.9 Å². The fourth-order valence-electron chi connectivity index (χ4n) is 9.15. The molecule has 5 heteroatoms. The van der Waals surface area contributed by atoms with E-state index < -0.39 is 0 Å². The molecule has 8 aromatic carbocycles. The molecular formula is C50H29N3S2. The third kappa shape index (κ3) is 4.18. The molecule has 0 bridgehead atoms. The summed E-state index contributed by atoms with van der Waals surface area (Å²) in [6.45, 7) is 2.29. The molecule has 0 radical (unpaired) electrons. The van der Waals surface area contributed by atoms with Gasteiger partial charge in [0.05, 0.1) is 54.5 Å². The lowest BCUT2D eigenvalue weighted by Gasteiger charge is -2.21. The van der Waals surface area contributed by atoms with E-state index in [1.165, 1.54) is 84.0 Å². The van der Waals surface area contributed by atoms with Crippen molar-refractivity contribution < 1.29 is 0 Å². The summed E-state index contributed by atoms with van der Waals surface area (Å²) in [5.74, 6) is 0. The average Bonchev–Trinajstić information content (AvgIpc) is 3.99. The maximum atomic E-state index is 10.0. The van der Waals surface area contributed by atoms with Gasteiger partial charge in [0, 0.05) is 58.1 Å². The number of thiophene rings is 2. The first-order valence-electron chi connectivity index (χ1n) is 18.5. The second kappa shape index (κ2) is 11.4. The van der Waals surface area contributed by atoms with Crippen LogP contribution in [0.5, 0.6) is 0 Å². The summed E-state index contributed by atoms with van der Waals surface area (Å²) in [4.78, 5) is 0. The monoisotopic (exact) mass is 735 g/mol. The van der Waals surface area contributed by atoms with Crippen LogP contribution in [0.15, 0.2) is 158 Å². The molecule has 3 nitrogen and oxygen atoms in total. The Morgan fingerprint density at radius 3 is 1.62 bits per heavy atom. The smallest absolute Gasteiger partial charge is 0.0991 e. The van der Waals surface area contributed by atoms with E-state index in [0.717, 1.165) is 28.0 Å². The van der Waals surface area contributed by atoms with Crippen molar-refractivity contribution in [2.75, 3.05) is 0 Å². The van der Waals surface area contributed by atoms with Gasteiger partial charge in [0.15, 0.2) is 0 Å². The van der Waals surface area contributed by atoms with E-state index >= 15 is 0 Å². The lowest BCUT2D eigenvalue weighted by atomic mass is 9.97. The molecule has 4 aromatic heterocycles. The maximum Gasteiger partial charge on any atom is 0.0991 e. The number of hydrogen-bond donors (Lipinski definition) is 0. The minimum atomic E-state index is 0.647. The average molecular weight is 736 g/mol. The predicted molar refractivity (Wildman–Crippen MR) is 236 cm³/mol. The summed E-state index contributed by atoms with van der Waals surface area (Å²) >= 11 is 3.75. The molecule has 0 aliphatic carbocycles. The molecule has 0 fully saturated rings. The zero-order valence-electron chi connectivity index (χ0n) is 29.7. The van der Waals surface area contributed by atoms with Crippen molar-refractivity contribution in [3.8, 4) is 28.6 Å². The van der Waals surface area contributed by atoms with Gasteiger partial charge in [-0.05, 0) is 60.5 Å². The van der Waals surface area contributed by atoms with Crippen LogP contribution in [-0.4, -0.2) is 9.13 Å². The van der Waals surface area contributed by atoms with Gasteiger partial charge in [0.2, 0.25) is 0 Å². The number of aromatic nitrogens is 2. The zero-order valence-corrected chi connectivity index (χ0v) is 31.3. The van der Waals surface area contributed by atoms with Crippen LogP contribution in [0.2, 0.25) is 0 Å². The number of para-hydroxylation sites is 2. The lowest BCUT2D eigenvalue weighted by Crippen LogP contribution is -2.06. The Balaban J connectivity index is 1.28. The molecule has 0 aliphatic rings. The zero-order chi connectivity index (χ0) is 36.4. The molecule has 0 saturated carbocycles. The molecule has 0 aliphatic heterocycles. The summed E-state index contributed by atoms with van der Waals surface area (Å²) in [5.41, 5.74) is 11.0. The van der Waals surface area contributed by atoms with Gasteiger partial charge in [0.25, 0.3) is 0 Å². The van der Waals surface area contributed by atoms with Crippen molar-refractivity contribution in [1.82, 2.24) is 9.13 Å². The number of nitrogens with zero attached hydrogens (tertiary/aromatic N) is 3. The first-order chi connectivity index (χ1) is 27.2. The topological polar surface area (TPSA) is 33.6 Å². The predicted octanol–water partition coefficient (Wildman–Crippen LogP) is 14.5. The molecule has 0 amide bonds. The highest BCUT2D eigenvalue weighted by Gasteiger charge is 2.25. The van der Waals surface area contributed by atoms with Crippen molar-refractivity contribution in [1.29, 1.82) is 5.26 Å². The molecule has 12 aromatic rings. The number of hydrogen-bond acceptors (Lipinski definition) is 3. The molecule has 4 heterocycles. The Kier molecular flexibility index (Phi) is 6.37. The van der Waals surface area contributed by atoms with Gasteiger partial charge in [0.1, 0.15) is 0 Å². The summed E-state index contributed by atoms with van der Waals surface area (Å²) in [6, 6.07) is 59.5.